The van der Waals surface area contributed by atoms with E-state index in [2.05, 4.69) is 26.2 Å². The number of hydrogen-bond acceptors (Lipinski definition) is 2. The standard InChI is InChI=1S/C11H10BrClFN3/c1-17-9(13)5-15-10(17)6-16-11-7(12)3-2-4-8(11)14/h2-5,16H,6H2,1H3. The minimum absolute atomic E-state index is 0.306. The van der Waals surface area contributed by atoms with Crippen molar-refractivity contribution in [3.8, 4) is 0 Å². The Labute approximate surface area is 112 Å². The molecule has 0 spiro atoms. The number of imidazole rings is 1. The van der Waals surface area contributed by atoms with Crippen LogP contribution in [0.15, 0.2) is 28.9 Å². The van der Waals surface area contributed by atoms with Crippen LogP contribution in [0, 0.1) is 5.82 Å². The quantitative estimate of drug-likeness (QED) is 0.937. The fourth-order valence-corrected chi connectivity index (χ4v) is 2.05. The third-order valence-electron chi connectivity index (χ3n) is 2.41. The fraction of sp³-hybridized carbons (Fsp3) is 0.182. The van der Waals surface area contributed by atoms with Gasteiger partial charge < -0.3 is 9.88 Å². The van der Waals surface area contributed by atoms with E-state index in [1.54, 1.807) is 22.9 Å². The summed E-state index contributed by atoms with van der Waals surface area (Å²) in [6.45, 7) is 0.406. The second kappa shape index (κ2) is 5.06. The Morgan fingerprint density at radius 3 is 2.88 bits per heavy atom. The molecule has 0 bridgehead atoms. The molecule has 0 aliphatic heterocycles. The molecule has 2 rings (SSSR count). The molecule has 1 N–H and O–H groups in total. The van der Waals surface area contributed by atoms with Gasteiger partial charge in [0.05, 0.1) is 18.4 Å². The smallest absolute Gasteiger partial charge is 0.147 e. The van der Waals surface area contributed by atoms with Crippen molar-refractivity contribution in [2.24, 2.45) is 7.05 Å². The monoisotopic (exact) mass is 317 g/mol. The first-order valence-electron chi connectivity index (χ1n) is 4.93. The Hall–Kier alpha value is -1.07. The highest BCUT2D eigenvalue weighted by atomic mass is 79.9. The molecule has 1 heterocycles. The van der Waals surface area contributed by atoms with E-state index in [1.807, 2.05) is 7.05 Å². The third kappa shape index (κ3) is 2.61. The van der Waals surface area contributed by atoms with Gasteiger partial charge in [0.25, 0.3) is 0 Å². The van der Waals surface area contributed by atoms with Crippen LogP contribution in [-0.2, 0) is 13.6 Å². The molecule has 0 fully saturated rings. The normalized spacial score (nSPS) is 10.6. The van der Waals surface area contributed by atoms with E-state index in [1.165, 1.54) is 6.07 Å². The van der Waals surface area contributed by atoms with Crippen molar-refractivity contribution in [1.29, 1.82) is 0 Å². The minimum atomic E-state index is -0.306. The summed E-state index contributed by atoms with van der Waals surface area (Å²) in [5.41, 5.74) is 0.423. The number of nitrogens with one attached hydrogen (secondary N) is 1. The summed E-state index contributed by atoms with van der Waals surface area (Å²) in [6.07, 6.45) is 1.56. The van der Waals surface area contributed by atoms with Crippen LogP contribution >= 0.6 is 27.5 Å². The number of para-hydroxylation sites is 1. The van der Waals surface area contributed by atoms with Gasteiger partial charge in [-0.1, -0.05) is 17.7 Å². The predicted octanol–water partition coefficient (Wildman–Crippen LogP) is 3.59. The van der Waals surface area contributed by atoms with Crippen LogP contribution in [0.1, 0.15) is 5.82 Å². The van der Waals surface area contributed by atoms with Gasteiger partial charge in [-0.15, -0.1) is 0 Å². The van der Waals surface area contributed by atoms with Crippen molar-refractivity contribution in [3.63, 3.8) is 0 Å². The van der Waals surface area contributed by atoms with Gasteiger partial charge in [-0.05, 0) is 28.1 Å². The lowest BCUT2D eigenvalue weighted by molar-refractivity contribution is 0.628. The van der Waals surface area contributed by atoms with Gasteiger partial charge in [-0.2, -0.15) is 0 Å². The van der Waals surface area contributed by atoms with Gasteiger partial charge >= 0.3 is 0 Å². The van der Waals surface area contributed by atoms with Crippen molar-refractivity contribution >= 4 is 33.2 Å². The summed E-state index contributed by atoms with van der Waals surface area (Å²) in [7, 11) is 1.81. The zero-order valence-corrected chi connectivity index (χ0v) is 11.4. The van der Waals surface area contributed by atoms with E-state index < -0.39 is 0 Å². The van der Waals surface area contributed by atoms with E-state index in [-0.39, 0.29) is 5.82 Å². The van der Waals surface area contributed by atoms with Crippen LogP contribution in [0.2, 0.25) is 5.15 Å². The Balaban J connectivity index is 2.15. The summed E-state index contributed by atoms with van der Waals surface area (Å²) in [4.78, 5) is 4.12. The first kappa shape index (κ1) is 12.4. The van der Waals surface area contributed by atoms with Gasteiger partial charge in [0.1, 0.15) is 16.8 Å². The lowest BCUT2D eigenvalue weighted by atomic mass is 10.3. The summed E-state index contributed by atoms with van der Waals surface area (Å²) in [5.74, 6) is 0.435. The van der Waals surface area contributed by atoms with Crippen LogP contribution in [0.4, 0.5) is 10.1 Å². The summed E-state index contributed by atoms with van der Waals surface area (Å²) >= 11 is 9.15. The lowest BCUT2D eigenvalue weighted by Crippen LogP contribution is -2.07. The maximum atomic E-state index is 13.5. The molecule has 1 aromatic heterocycles. The minimum Gasteiger partial charge on any atom is -0.375 e. The zero-order chi connectivity index (χ0) is 12.4. The Bertz CT molecular complexity index is 521. The molecule has 2 aromatic rings. The number of aromatic nitrogens is 2. The molecule has 0 unspecified atom stereocenters. The number of halogens is 3. The van der Waals surface area contributed by atoms with E-state index in [4.69, 9.17) is 11.6 Å². The van der Waals surface area contributed by atoms with Crippen molar-refractivity contribution in [2.45, 2.75) is 6.54 Å². The highest BCUT2D eigenvalue weighted by Gasteiger charge is 2.08. The Kier molecular flexibility index (Phi) is 3.69. The van der Waals surface area contributed by atoms with Gasteiger partial charge in [-0.3, -0.25) is 0 Å². The van der Waals surface area contributed by atoms with Gasteiger partial charge in [0.2, 0.25) is 0 Å². The average molecular weight is 319 g/mol. The Morgan fingerprint density at radius 2 is 2.29 bits per heavy atom. The highest BCUT2D eigenvalue weighted by molar-refractivity contribution is 9.10. The second-order valence-corrected chi connectivity index (χ2v) is 4.75. The largest absolute Gasteiger partial charge is 0.375 e. The van der Waals surface area contributed by atoms with Crippen LogP contribution < -0.4 is 5.32 Å². The van der Waals surface area contributed by atoms with Gasteiger partial charge in [0, 0.05) is 11.5 Å². The zero-order valence-electron chi connectivity index (χ0n) is 9.04. The van der Waals surface area contributed by atoms with Crippen LogP contribution in [0.25, 0.3) is 0 Å². The maximum absolute atomic E-state index is 13.5. The molecule has 0 aliphatic carbocycles. The molecule has 90 valence electrons. The molecule has 0 atom stereocenters. The highest BCUT2D eigenvalue weighted by Crippen LogP contribution is 2.25. The molecule has 0 saturated carbocycles. The second-order valence-electron chi connectivity index (χ2n) is 3.51. The van der Waals surface area contributed by atoms with Crippen molar-refractivity contribution in [2.75, 3.05) is 5.32 Å². The predicted molar refractivity (Wildman–Crippen MR) is 69.6 cm³/mol. The number of nitrogens with zero attached hydrogens (tertiary/aromatic N) is 2. The number of hydrogen-bond donors (Lipinski definition) is 1. The molecule has 0 amide bonds. The molecular weight excluding hydrogens is 308 g/mol. The SMILES string of the molecule is Cn1c(Cl)cnc1CNc1c(F)cccc1Br. The molecule has 0 radical (unpaired) electrons. The maximum Gasteiger partial charge on any atom is 0.147 e. The molecule has 0 saturated heterocycles. The summed E-state index contributed by atoms with van der Waals surface area (Å²) in [6, 6.07) is 4.82. The molecule has 17 heavy (non-hydrogen) atoms. The van der Waals surface area contributed by atoms with Crippen LogP contribution in [0.5, 0.6) is 0 Å². The average Bonchev–Trinajstić information content (AvgIpc) is 2.60. The van der Waals surface area contributed by atoms with Gasteiger partial charge in [0.15, 0.2) is 0 Å². The van der Waals surface area contributed by atoms with Crippen molar-refractivity contribution in [1.82, 2.24) is 9.55 Å². The topological polar surface area (TPSA) is 29.9 Å². The molecule has 6 heteroatoms. The van der Waals surface area contributed by atoms with Crippen molar-refractivity contribution < 1.29 is 4.39 Å². The van der Waals surface area contributed by atoms with Crippen molar-refractivity contribution in [3.05, 3.63) is 45.7 Å². The number of rotatable bonds is 3. The third-order valence-corrected chi connectivity index (χ3v) is 3.43. The number of benzene rings is 1. The molecule has 1 aromatic carbocycles. The summed E-state index contributed by atoms with van der Waals surface area (Å²) < 4.78 is 15.9. The first-order chi connectivity index (χ1) is 8.09. The Morgan fingerprint density at radius 1 is 1.53 bits per heavy atom. The molecular formula is C11H10BrClFN3. The van der Waals surface area contributed by atoms with Crippen LogP contribution in [0.3, 0.4) is 0 Å². The summed E-state index contributed by atoms with van der Waals surface area (Å²) in [5, 5.41) is 3.54. The van der Waals surface area contributed by atoms with Crippen LogP contribution in [-0.4, -0.2) is 9.55 Å². The van der Waals surface area contributed by atoms with E-state index in [9.17, 15) is 4.39 Å². The van der Waals surface area contributed by atoms with E-state index in [0.29, 0.717) is 21.9 Å². The van der Waals surface area contributed by atoms with E-state index >= 15 is 0 Å². The van der Waals surface area contributed by atoms with Gasteiger partial charge in [-0.25, -0.2) is 9.37 Å². The molecule has 0 aliphatic rings. The van der Waals surface area contributed by atoms with E-state index in [0.717, 1.165) is 5.82 Å². The lowest BCUT2D eigenvalue weighted by Gasteiger charge is -2.09. The number of anilines is 1. The molecule has 3 nitrogen and oxygen atoms in total. The fourth-order valence-electron chi connectivity index (χ4n) is 1.42. The first-order valence-corrected chi connectivity index (χ1v) is 6.10.